The number of aromatic nitrogens is 2. The number of para-hydroxylation sites is 2. The minimum absolute atomic E-state index is 0.183. The van der Waals surface area contributed by atoms with Gasteiger partial charge in [0.2, 0.25) is 0 Å². The van der Waals surface area contributed by atoms with Crippen molar-refractivity contribution in [3.63, 3.8) is 0 Å². The highest BCUT2D eigenvalue weighted by Crippen LogP contribution is 2.32. The molecule has 2 aromatic carbocycles. The molecule has 3 heterocycles. The fraction of sp³-hybridized carbons (Fsp3) is 0.357. The molecule has 0 aliphatic carbocycles. The zero-order chi connectivity index (χ0) is 23.7. The van der Waals surface area contributed by atoms with E-state index in [0.717, 1.165) is 79.1 Å². The molecule has 34 heavy (non-hydrogen) atoms. The van der Waals surface area contributed by atoms with Crippen molar-refractivity contribution < 1.29 is 4.39 Å². The number of piperidine rings is 1. The summed E-state index contributed by atoms with van der Waals surface area (Å²) in [5, 5.41) is 13.7. The summed E-state index contributed by atoms with van der Waals surface area (Å²) in [6.45, 7) is 8.03. The largest absolute Gasteiger partial charge is 0.371 e. The molecule has 6 heteroatoms. The second-order valence-corrected chi connectivity index (χ2v) is 9.28. The van der Waals surface area contributed by atoms with Crippen LogP contribution in [0.25, 0.3) is 16.7 Å². The molecule has 1 fully saturated rings. The molecule has 0 atom stereocenters. The van der Waals surface area contributed by atoms with Crippen LogP contribution in [0.3, 0.4) is 0 Å². The molecule has 0 saturated carbocycles. The van der Waals surface area contributed by atoms with Crippen LogP contribution in [-0.2, 0) is 13.0 Å². The van der Waals surface area contributed by atoms with Gasteiger partial charge in [0, 0.05) is 13.1 Å². The summed E-state index contributed by atoms with van der Waals surface area (Å²) in [4.78, 5) is 7.26. The van der Waals surface area contributed by atoms with Gasteiger partial charge in [0.05, 0.1) is 16.6 Å². The van der Waals surface area contributed by atoms with E-state index in [1.54, 1.807) is 0 Å². The van der Waals surface area contributed by atoms with Gasteiger partial charge in [0.1, 0.15) is 17.7 Å². The summed E-state index contributed by atoms with van der Waals surface area (Å²) in [5.74, 6) is 1.46. The second-order valence-electron chi connectivity index (χ2n) is 9.28. The number of imidazole rings is 1. The Bertz CT molecular complexity index is 1360. The lowest BCUT2D eigenvalue weighted by Gasteiger charge is -2.32. The lowest BCUT2D eigenvalue weighted by Crippen LogP contribution is -2.35. The molecule has 0 radical (unpaired) electrons. The van der Waals surface area contributed by atoms with Gasteiger partial charge >= 0.3 is 0 Å². The average Bonchev–Trinajstić information content (AvgIpc) is 3.24. The van der Waals surface area contributed by atoms with E-state index in [9.17, 15) is 9.65 Å². The molecule has 5 nitrogen and oxygen atoms in total. The number of anilines is 1. The first-order chi connectivity index (χ1) is 16.6. The van der Waals surface area contributed by atoms with Gasteiger partial charge < -0.3 is 5.32 Å². The minimum atomic E-state index is -0.183. The predicted molar refractivity (Wildman–Crippen MR) is 134 cm³/mol. The third kappa shape index (κ3) is 4.12. The third-order valence-electron chi connectivity index (χ3n) is 7.17. The fourth-order valence-electron chi connectivity index (χ4n) is 5.24. The number of halogens is 1. The Hall–Kier alpha value is -3.43. The van der Waals surface area contributed by atoms with Crippen LogP contribution in [0.5, 0.6) is 0 Å². The van der Waals surface area contributed by atoms with Gasteiger partial charge in [0.25, 0.3) is 0 Å². The number of fused-ring (bicyclic) bond motifs is 3. The quantitative estimate of drug-likeness (QED) is 0.406. The molecule has 1 aliphatic rings. The average molecular weight is 456 g/mol. The van der Waals surface area contributed by atoms with Gasteiger partial charge in [-0.15, -0.1) is 0 Å². The van der Waals surface area contributed by atoms with Crippen LogP contribution >= 0.6 is 0 Å². The number of nitrogens with one attached hydrogen (secondary N) is 1. The van der Waals surface area contributed by atoms with Crippen molar-refractivity contribution in [2.75, 3.05) is 25.0 Å². The predicted octanol–water partition coefficient (Wildman–Crippen LogP) is 5.69. The molecule has 1 N–H and O–H groups in total. The van der Waals surface area contributed by atoms with E-state index in [1.807, 2.05) is 37.3 Å². The molecular formula is C28H30FN5. The summed E-state index contributed by atoms with van der Waals surface area (Å²) in [5.41, 5.74) is 6.69. The van der Waals surface area contributed by atoms with Crippen LogP contribution in [0.2, 0.25) is 0 Å². The van der Waals surface area contributed by atoms with E-state index >= 15 is 0 Å². The molecule has 0 unspecified atom stereocenters. The number of rotatable bonds is 6. The van der Waals surface area contributed by atoms with Gasteiger partial charge in [-0.3, -0.25) is 9.30 Å². The molecule has 1 aliphatic heterocycles. The van der Waals surface area contributed by atoms with Crippen molar-refractivity contribution in [1.82, 2.24) is 14.3 Å². The van der Waals surface area contributed by atoms with E-state index in [0.29, 0.717) is 11.5 Å². The summed E-state index contributed by atoms with van der Waals surface area (Å²) in [6.07, 6.45) is 3.10. The first-order valence-corrected chi connectivity index (χ1v) is 12.1. The molecule has 0 amide bonds. The van der Waals surface area contributed by atoms with Gasteiger partial charge in [-0.25, -0.2) is 9.37 Å². The highest BCUT2D eigenvalue weighted by molar-refractivity contribution is 5.86. The number of nitriles is 1. The van der Waals surface area contributed by atoms with Gasteiger partial charge in [-0.2, -0.15) is 5.26 Å². The maximum atomic E-state index is 13.2. The number of nitrogens with zero attached hydrogens (tertiary/aromatic N) is 4. The van der Waals surface area contributed by atoms with Gasteiger partial charge in [0.15, 0.2) is 5.65 Å². The van der Waals surface area contributed by atoms with E-state index in [4.69, 9.17) is 4.98 Å². The van der Waals surface area contributed by atoms with Crippen LogP contribution in [0.4, 0.5) is 10.2 Å². The Labute approximate surface area is 199 Å². The van der Waals surface area contributed by atoms with Crippen molar-refractivity contribution in [3.05, 3.63) is 76.6 Å². The first-order valence-electron chi connectivity index (χ1n) is 12.1. The second kappa shape index (κ2) is 9.44. The summed E-state index contributed by atoms with van der Waals surface area (Å²) >= 11 is 0. The number of hydrogen-bond donors (Lipinski definition) is 1. The molecule has 0 bridgehead atoms. The van der Waals surface area contributed by atoms with E-state index in [1.165, 1.54) is 17.7 Å². The molecule has 174 valence electrons. The summed E-state index contributed by atoms with van der Waals surface area (Å²) in [7, 11) is 0. The Morgan fingerprint density at radius 3 is 2.56 bits per heavy atom. The number of hydrogen-bond acceptors (Lipinski definition) is 4. The van der Waals surface area contributed by atoms with E-state index < -0.39 is 0 Å². The fourth-order valence-corrected chi connectivity index (χ4v) is 5.24. The number of benzene rings is 2. The van der Waals surface area contributed by atoms with Gasteiger partial charge in [-0.1, -0.05) is 31.2 Å². The van der Waals surface area contributed by atoms with Crippen molar-refractivity contribution >= 4 is 22.5 Å². The van der Waals surface area contributed by atoms with Crippen molar-refractivity contribution in [2.24, 2.45) is 5.92 Å². The van der Waals surface area contributed by atoms with E-state index in [2.05, 4.69) is 33.7 Å². The lowest BCUT2D eigenvalue weighted by molar-refractivity contribution is 0.182. The Morgan fingerprint density at radius 2 is 1.85 bits per heavy atom. The maximum absolute atomic E-state index is 13.2. The van der Waals surface area contributed by atoms with Crippen LogP contribution in [-0.4, -0.2) is 33.9 Å². The normalized spacial score (nSPS) is 15.1. The van der Waals surface area contributed by atoms with Crippen LogP contribution in [0.1, 0.15) is 42.0 Å². The monoisotopic (exact) mass is 455 g/mol. The molecule has 0 spiro atoms. The molecule has 2 aromatic heterocycles. The Morgan fingerprint density at radius 1 is 1.12 bits per heavy atom. The van der Waals surface area contributed by atoms with Crippen LogP contribution in [0, 0.1) is 30.0 Å². The smallest absolute Gasteiger partial charge is 0.157 e. The minimum Gasteiger partial charge on any atom is -0.371 e. The molecule has 4 aromatic rings. The number of likely N-dealkylation sites (tertiary alicyclic amines) is 1. The summed E-state index contributed by atoms with van der Waals surface area (Å²) in [6, 6.07) is 17.3. The zero-order valence-electron chi connectivity index (χ0n) is 19.8. The first kappa shape index (κ1) is 22.4. The zero-order valence-corrected chi connectivity index (χ0v) is 19.8. The molecular weight excluding hydrogens is 425 g/mol. The van der Waals surface area contributed by atoms with Gasteiger partial charge in [-0.05, 0) is 86.1 Å². The van der Waals surface area contributed by atoms with Crippen molar-refractivity contribution in [1.29, 1.82) is 5.26 Å². The standard InChI is InChI=1S/C28H30FN5/c1-3-23-19(2)24(16-30)28-32-25-6-4-5-7-26(25)34(28)27(23)31-17-20-12-14-33(15-13-20)18-21-8-10-22(29)11-9-21/h4-11,20,31H,3,12-15,17-18H2,1-2H3. The van der Waals surface area contributed by atoms with E-state index in [-0.39, 0.29) is 5.82 Å². The Kier molecular flexibility index (Phi) is 6.21. The molecule has 5 rings (SSSR count). The van der Waals surface area contributed by atoms with Crippen molar-refractivity contribution in [2.45, 2.75) is 39.7 Å². The molecule has 1 saturated heterocycles. The summed E-state index contributed by atoms with van der Waals surface area (Å²) < 4.78 is 15.3. The topological polar surface area (TPSA) is 56.4 Å². The number of pyridine rings is 1. The maximum Gasteiger partial charge on any atom is 0.157 e. The van der Waals surface area contributed by atoms with Crippen molar-refractivity contribution in [3.8, 4) is 6.07 Å². The highest BCUT2D eigenvalue weighted by Gasteiger charge is 2.23. The SMILES string of the molecule is CCc1c(C)c(C#N)c2nc3ccccc3n2c1NCC1CCN(Cc2ccc(F)cc2)CC1. The lowest BCUT2D eigenvalue weighted by atomic mass is 9.96. The third-order valence-corrected chi connectivity index (χ3v) is 7.17. The van der Waals surface area contributed by atoms with Crippen LogP contribution < -0.4 is 5.32 Å². The Balaban J connectivity index is 1.35. The van der Waals surface area contributed by atoms with Crippen LogP contribution in [0.15, 0.2) is 48.5 Å². The highest BCUT2D eigenvalue weighted by atomic mass is 19.1.